The standard InChI is InChI=1S/C8H11N.ClH/c1-3-8-6-4-5-7(2)9-8;/h4-6H,3H2,1-2H3;1H. The summed E-state index contributed by atoms with van der Waals surface area (Å²) < 4.78 is 0. The number of pyridine rings is 1. The van der Waals surface area contributed by atoms with Gasteiger partial charge in [-0.3, -0.25) is 4.98 Å². The molecule has 0 saturated carbocycles. The second-order valence-electron chi connectivity index (χ2n) is 2.12. The molecule has 0 aromatic carbocycles. The molecule has 56 valence electrons. The van der Waals surface area contributed by atoms with E-state index in [-0.39, 0.29) is 12.4 Å². The van der Waals surface area contributed by atoms with Gasteiger partial charge in [0.2, 0.25) is 0 Å². The molecule has 0 spiro atoms. The highest BCUT2D eigenvalue weighted by atomic mass is 35.5. The van der Waals surface area contributed by atoms with E-state index in [1.807, 2.05) is 25.1 Å². The number of hydrogen-bond donors (Lipinski definition) is 0. The molecule has 0 fully saturated rings. The number of hydrogen-bond acceptors (Lipinski definition) is 1. The van der Waals surface area contributed by atoms with Crippen LogP contribution in [0.15, 0.2) is 18.2 Å². The highest BCUT2D eigenvalue weighted by Crippen LogP contribution is 1.97. The lowest BCUT2D eigenvalue weighted by Crippen LogP contribution is -1.87. The van der Waals surface area contributed by atoms with Crippen LogP contribution in [0.1, 0.15) is 18.3 Å². The van der Waals surface area contributed by atoms with Gasteiger partial charge in [0.15, 0.2) is 0 Å². The van der Waals surface area contributed by atoms with Crippen molar-refractivity contribution in [2.75, 3.05) is 0 Å². The minimum absolute atomic E-state index is 0. The summed E-state index contributed by atoms with van der Waals surface area (Å²) in [5.74, 6) is 0. The van der Waals surface area contributed by atoms with Crippen LogP contribution in [0.3, 0.4) is 0 Å². The van der Waals surface area contributed by atoms with Crippen LogP contribution in [0.25, 0.3) is 0 Å². The second-order valence-corrected chi connectivity index (χ2v) is 2.12. The zero-order chi connectivity index (χ0) is 6.69. The van der Waals surface area contributed by atoms with Gasteiger partial charge in [0.25, 0.3) is 0 Å². The number of nitrogens with zero attached hydrogens (tertiary/aromatic N) is 1. The van der Waals surface area contributed by atoms with Crippen molar-refractivity contribution < 1.29 is 0 Å². The van der Waals surface area contributed by atoms with Crippen molar-refractivity contribution in [3.05, 3.63) is 29.6 Å². The minimum atomic E-state index is 0. The summed E-state index contributed by atoms with van der Waals surface area (Å²) >= 11 is 0. The van der Waals surface area contributed by atoms with Crippen LogP contribution in [0.2, 0.25) is 0 Å². The van der Waals surface area contributed by atoms with Crippen molar-refractivity contribution in [3.63, 3.8) is 0 Å². The van der Waals surface area contributed by atoms with E-state index in [2.05, 4.69) is 11.9 Å². The lowest BCUT2D eigenvalue weighted by atomic mass is 10.3. The summed E-state index contributed by atoms with van der Waals surface area (Å²) in [7, 11) is 0. The van der Waals surface area contributed by atoms with E-state index in [0.717, 1.165) is 12.1 Å². The summed E-state index contributed by atoms with van der Waals surface area (Å²) in [6.45, 7) is 4.13. The summed E-state index contributed by atoms with van der Waals surface area (Å²) in [5.41, 5.74) is 2.28. The molecule has 1 heterocycles. The molecule has 0 amide bonds. The van der Waals surface area contributed by atoms with Crippen molar-refractivity contribution in [1.29, 1.82) is 0 Å². The highest BCUT2D eigenvalue weighted by Gasteiger charge is 1.87. The van der Waals surface area contributed by atoms with E-state index in [1.165, 1.54) is 5.69 Å². The van der Waals surface area contributed by atoms with Gasteiger partial charge < -0.3 is 0 Å². The maximum atomic E-state index is 4.29. The maximum absolute atomic E-state index is 4.29. The van der Waals surface area contributed by atoms with Crippen LogP contribution in [-0.2, 0) is 6.42 Å². The molecule has 0 aliphatic heterocycles. The maximum Gasteiger partial charge on any atom is 0.0404 e. The molecular formula is C8H12ClN. The summed E-state index contributed by atoms with van der Waals surface area (Å²) in [6.07, 6.45) is 1.03. The molecule has 1 rings (SSSR count). The number of rotatable bonds is 1. The molecule has 0 N–H and O–H groups in total. The molecule has 0 bridgehead atoms. The normalized spacial score (nSPS) is 8.60. The fraction of sp³-hybridized carbons (Fsp3) is 0.375. The van der Waals surface area contributed by atoms with Crippen molar-refractivity contribution in [2.45, 2.75) is 20.3 Å². The molecule has 0 unspecified atom stereocenters. The first-order valence-electron chi connectivity index (χ1n) is 3.25. The van der Waals surface area contributed by atoms with Crippen LogP contribution >= 0.6 is 12.4 Å². The van der Waals surface area contributed by atoms with Crippen LogP contribution in [0, 0.1) is 6.92 Å². The Morgan fingerprint density at radius 1 is 1.40 bits per heavy atom. The van der Waals surface area contributed by atoms with E-state index in [1.54, 1.807) is 0 Å². The molecule has 0 radical (unpaired) electrons. The first-order chi connectivity index (χ1) is 4.33. The Labute approximate surface area is 67.9 Å². The number of halogens is 1. The molecule has 0 aliphatic carbocycles. The predicted octanol–water partition coefficient (Wildman–Crippen LogP) is 2.37. The molecule has 2 heteroatoms. The van der Waals surface area contributed by atoms with Crippen LogP contribution in [-0.4, -0.2) is 4.98 Å². The molecule has 1 aromatic rings. The van der Waals surface area contributed by atoms with Crippen LogP contribution in [0.4, 0.5) is 0 Å². The molecule has 10 heavy (non-hydrogen) atoms. The second kappa shape index (κ2) is 4.29. The zero-order valence-corrected chi connectivity index (χ0v) is 7.11. The van der Waals surface area contributed by atoms with Gasteiger partial charge in [-0.15, -0.1) is 12.4 Å². The third-order valence-electron chi connectivity index (χ3n) is 1.31. The van der Waals surface area contributed by atoms with Crippen molar-refractivity contribution in [3.8, 4) is 0 Å². The van der Waals surface area contributed by atoms with E-state index in [0.29, 0.717) is 0 Å². The van der Waals surface area contributed by atoms with E-state index < -0.39 is 0 Å². The average molecular weight is 158 g/mol. The lowest BCUT2D eigenvalue weighted by Gasteiger charge is -1.94. The Morgan fingerprint density at radius 3 is 2.50 bits per heavy atom. The smallest absolute Gasteiger partial charge is 0.0404 e. The Bertz CT molecular complexity index is 198. The van der Waals surface area contributed by atoms with Crippen molar-refractivity contribution >= 4 is 12.4 Å². The molecule has 0 atom stereocenters. The van der Waals surface area contributed by atoms with Crippen LogP contribution < -0.4 is 0 Å². The van der Waals surface area contributed by atoms with Gasteiger partial charge in [-0.05, 0) is 25.5 Å². The fourth-order valence-corrected chi connectivity index (χ4v) is 0.796. The molecule has 1 nitrogen and oxygen atoms in total. The van der Waals surface area contributed by atoms with Gasteiger partial charge in [0.1, 0.15) is 0 Å². The van der Waals surface area contributed by atoms with Gasteiger partial charge in [0, 0.05) is 11.4 Å². The summed E-state index contributed by atoms with van der Waals surface area (Å²) in [4.78, 5) is 4.29. The van der Waals surface area contributed by atoms with Gasteiger partial charge in [-0.25, -0.2) is 0 Å². The van der Waals surface area contributed by atoms with Gasteiger partial charge in [-0.2, -0.15) is 0 Å². The molecule has 0 aliphatic rings. The molecule has 0 saturated heterocycles. The Balaban J connectivity index is 0.000000810. The van der Waals surface area contributed by atoms with Crippen molar-refractivity contribution in [1.82, 2.24) is 4.98 Å². The Hall–Kier alpha value is -0.560. The van der Waals surface area contributed by atoms with E-state index >= 15 is 0 Å². The Morgan fingerprint density at radius 2 is 2.10 bits per heavy atom. The molecular weight excluding hydrogens is 146 g/mol. The lowest BCUT2D eigenvalue weighted by molar-refractivity contribution is 1.01. The third kappa shape index (κ3) is 2.36. The summed E-state index contributed by atoms with van der Waals surface area (Å²) in [5, 5.41) is 0. The quantitative estimate of drug-likeness (QED) is 0.610. The molecule has 1 aromatic heterocycles. The SMILES string of the molecule is CCc1cccc(C)n1.Cl. The number of aromatic nitrogens is 1. The third-order valence-corrected chi connectivity index (χ3v) is 1.31. The summed E-state index contributed by atoms with van der Waals surface area (Å²) in [6, 6.07) is 6.10. The number of aryl methyl sites for hydroxylation is 2. The topological polar surface area (TPSA) is 12.9 Å². The zero-order valence-electron chi connectivity index (χ0n) is 6.29. The largest absolute Gasteiger partial charge is 0.258 e. The Kier molecular flexibility index (Phi) is 4.05. The first-order valence-corrected chi connectivity index (χ1v) is 3.25. The fourth-order valence-electron chi connectivity index (χ4n) is 0.796. The van der Waals surface area contributed by atoms with E-state index in [4.69, 9.17) is 0 Å². The van der Waals surface area contributed by atoms with Crippen LogP contribution in [0.5, 0.6) is 0 Å². The predicted molar refractivity (Wildman–Crippen MR) is 45.6 cm³/mol. The highest BCUT2D eigenvalue weighted by molar-refractivity contribution is 5.85. The van der Waals surface area contributed by atoms with Gasteiger partial charge in [-0.1, -0.05) is 13.0 Å². The minimum Gasteiger partial charge on any atom is -0.258 e. The average Bonchev–Trinajstić information content (AvgIpc) is 1.88. The van der Waals surface area contributed by atoms with E-state index in [9.17, 15) is 0 Å². The monoisotopic (exact) mass is 157 g/mol. The van der Waals surface area contributed by atoms with Gasteiger partial charge >= 0.3 is 0 Å². The van der Waals surface area contributed by atoms with Gasteiger partial charge in [0.05, 0.1) is 0 Å². The first kappa shape index (κ1) is 9.44. The van der Waals surface area contributed by atoms with Crippen molar-refractivity contribution in [2.24, 2.45) is 0 Å².